The molecule has 170 valence electrons. The molecular weight excluding hydrogens is 412 g/mol. The fourth-order valence-electron chi connectivity index (χ4n) is 4.13. The lowest BCUT2D eigenvalue weighted by Gasteiger charge is -2.16. The Morgan fingerprint density at radius 2 is 1.45 bits per heavy atom. The summed E-state index contributed by atoms with van der Waals surface area (Å²) in [5.41, 5.74) is 7.25. The molecule has 1 atom stereocenters. The van der Waals surface area contributed by atoms with Crippen molar-refractivity contribution in [1.29, 1.82) is 0 Å². The van der Waals surface area contributed by atoms with Gasteiger partial charge in [-0.05, 0) is 64.9 Å². The van der Waals surface area contributed by atoms with Gasteiger partial charge in [0.05, 0.1) is 6.61 Å². The smallest absolute Gasteiger partial charge is 0.335 e. The van der Waals surface area contributed by atoms with Crippen molar-refractivity contribution in [3.8, 4) is 16.9 Å². The molecule has 1 aliphatic rings. The Balaban J connectivity index is 1.41. The van der Waals surface area contributed by atoms with Crippen LogP contribution in [0.5, 0.6) is 5.75 Å². The SMILES string of the molecule is CCCOC(Cc1ccc(OCC=C2c3ccccc3-c3ccccc32)cc1)C(=O)OCC. The summed E-state index contributed by atoms with van der Waals surface area (Å²) in [6.07, 6.45) is 2.90. The Bertz CT molecular complexity index is 1070. The molecule has 0 aromatic heterocycles. The molecule has 4 heteroatoms. The summed E-state index contributed by atoms with van der Waals surface area (Å²) in [7, 11) is 0. The van der Waals surface area contributed by atoms with Crippen LogP contribution in [-0.4, -0.2) is 31.9 Å². The van der Waals surface area contributed by atoms with Crippen LogP contribution < -0.4 is 4.74 Å². The zero-order valence-corrected chi connectivity index (χ0v) is 19.3. The zero-order valence-electron chi connectivity index (χ0n) is 19.3. The van der Waals surface area contributed by atoms with E-state index in [4.69, 9.17) is 14.2 Å². The van der Waals surface area contributed by atoms with Gasteiger partial charge in [0.15, 0.2) is 6.10 Å². The molecule has 0 heterocycles. The third-order valence-electron chi connectivity index (χ3n) is 5.68. The molecule has 1 unspecified atom stereocenters. The van der Waals surface area contributed by atoms with Crippen LogP contribution in [0.25, 0.3) is 16.7 Å². The molecule has 0 fully saturated rings. The fraction of sp³-hybridized carbons (Fsp3) is 0.276. The highest BCUT2D eigenvalue weighted by Crippen LogP contribution is 2.43. The summed E-state index contributed by atoms with van der Waals surface area (Å²) < 4.78 is 16.9. The molecule has 0 saturated heterocycles. The molecule has 0 radical (unpaired) electrons. The third kappa shape index (κ3) is 5.35. The number of hydrogen-bond donors (Lipinski definition) is 0. The second-order valence-corrected chi connectivity index (χ2v) is 7.98. The van der Waals surface area contributed by atoms with Crippen molar-refractivity contribution < 1.29 is 19.0 Å². The summed E-state index contributed by atoms with van der Waals surface area (Å²) in [4.78, 5) is 12.2. The van der Waals surface area contributed by atoms with Gasteiger partial charge in [0.2, 0.25) is 0 Å². The van der Waals surface area contributed by atoms with Crippen LogP contribution in [-0.2, 0) is 20.7 Å². The van der Waals surface area contributed by atoms with Crippen LogP contribution in [0.2, 0.25) is 0 Å². The standard InChI is InChI=1S/C29H30O4/c1-3-18-33-28(29(30)31-4-2)20-21-13-15-22(16-14-21)32-19-17-27-25-11-7-5-9-23(25)24-10-6-8-12-26(24)27/h5-17,28H,3-4,18-20H2,1-2H3. The van der Waals surface area contributed by atoms with Crippen LogP contribution in [0.4, 0.5) is 0 Å². The van der Waals surface area contributed by atoms with Crippen LogP contribution in [0.15, 0.2) is 78.9 Å². The number of rotatable bonds is 10. The molecule has 0 bridgehead atoms. The molecule has 0 amide bonds. The lowest BCUT2D eigenvalue weighted by atomic mass is 10.0. The van der Waals surface area contributed by atoms with Crippen molar-refractivity contribution in [2.45, 2.75) is 32.8 Å². The molecule has 4 rings (SSSR count). The maximum atomic E-state index is 12.2. The van der Waals surface area contributed by atoms with Crippen molar-refractivity contribution in [2.75, 3.05) is 19.8 Å². The van der Waals surface area contributed by atoms with Gasteiger partial charge in [0, 0.05) is 13.0 Å². The Kier molecular flexibility index (Phi) is 7.59. The van der Waals surface area contributed by atoms with Gasteiger partial charge in [-0.15, -0.1) is 0 Å². The first-order chi connectivity index (χ1) is 16.2. The average Bonchev–Trinajstić information content (AvgIpc) is 3.17. The predicted octanol–water partition coefficient (Wildman–Crippen LogP) is 6.08. The van der Waals surface area contributed by atoms with E-state index in [-0.39, 0.29) is 5.97 Å². The summed E-state index contributed by atoms with van der Waals surface area (Å²) in [6.45, 7) is 5.18. The molecular formula is C29H30O4. The summed E-state index contributed by atoms with van der Waals surface area (Å²) in [5, 5.41) is 0. The number of ether oxygens (including phenoxy) is 3. The maximum absolute atomic E-state index is 12.2. The predicted molar refractivity (Wildman–Crippen MR) is 131 cm³/mol. The summed E-state index contributed by atoms with van der Waals surface area (Å²) >= 11 is 0. The largest absolute Gasteiger partial charge is 0.490 e. The number of esters is 1. The minimum absolute atomic E-state index is 0.310. The zero-order chi connectivity index (χ0) is 23.0. The number of benzene rings is 3. The first-order valence-corrected chi connectivity index (χ1v) is 11.6. The molecule has 0 saturated carbocycles. The van der Waals surface area contributed by atoms with Crippen molar-refractivity contribution >= 4 is 11.5 Å². The van der Waals surface area contributed by atoms with Crippen molar-refractivity contribution in [2.24, 2.45) is 0 Å². The van der Waals surface area contributed by atoms with E-state index >= 15 is 0 Å². The normalized spacial score (nSPS) is 12.6. The molecule has 1 aliphatic carbocycles. The first-order valence-electron chi connectivity index (χ1n) is 11.6. The molecule has 4 nitrogen and oxygen atoms in total. The Morgan fingerprint density at radius 3 is 2.03 bits per heavy atom. The van der Waals surface area contributed by atoms with E-state index < -0.39 is 6.10 Å². The lowest BCUT2D eigenvalue weighted by molar-refractivity contribution is -0.156. The number of fused-ring (bicyclic) bond motifs is 3. The van der Waals surface area contributed by atoms with Gasteiger partial charge < -0.3 is 14.2 Å². The maximum Gasteiger partial charge on any atom is 0.335 e. The van der Waals surface area contributed by atoms with Gasteiger partial charge in [0.25, 0.3) is 0 Å². The van der Waals surface area contributed by atoms with Gasteiger partial charge in [-0.1, -0.05) is 67.6 Å². The van der Waals surface area contributed by atoms with Gasteiger partial charge in [-0.3, -0.25) is 0 Å². The molecule has 0 spiro atoms. The van der Waals surface area contributed by atoms with Crippen molar-refractivity contribution in [3.63, 3.8) is 0 Å². The number of carbonyl (C=O) groups excluding carboxylic acids is 1. The highest BCUT2D eigenvalue weighted by molar-refractivity contribution is 6.01. The first kappa shape index (κ1) is 22.8. The molecule has 3 aromatic rings. The van der Waals surface area contributed by atoms with E-state index in [1.807, 2.05) is 31.2 Å². The second-order valence-electron chi connectivity index (χ2n) is 7.98. The monoisotopic (exact) mass is 442 g/mol. The minimum Gasteiger partial charge on any atom is -0.490 e. The quantitative estimate of drug-likeness (QED) is 0.279. The summed E-state index contributed by atoms with van der Waals surface area (Å²) in [5.74, 6) is 0.479. The van der Waals surface area contributed by atoms with E-state index in [2.05, 4.69) is 54.6 Å². The highest BCUT2D eigenvalue weighted by Gasteiger charge is 2.22. The Hall–Kier alpha value is -3.37. The lowest BCUT2D eigenvalue weighted by Crippen LogP contribution is -2.29. The molecule has 3 aromatic carbocycles. The minimum atomic E-state index is -0.580. The Labute approximate surface area is 195 Å². The summed E-state index contributed by atoms with van der Waals surface area (Å²) in [6, 6.07) is 24.8. The van der Waals surface area contributed by atoms with Gasteiger partial charge in [-0.2, -0.15) is 0 Å². The van der Waals surface area contributed by atoms with Crippen molar-refractivity contribution in [3.05, 3.63) is 95.6 Å². The van der Waals surface area contributed by atoms with E-state index in [0.29, 0.717) is 26.2 Å². The van der Waals surface area contributed by atoms with E-state index in [0.717, 1.165) is 17.7 Å². The third-order valence-corrected chi connectivity index (χ3v) is 5.68. The average molecular weight is 443 g/mol. The van der Waals surface area contributed by atoms with E-state index in [1.54, 1.807) is 6.92 Å². The van der Waals surface area contributed by atoms with Crippen LogP contribution >= 0.6 is 0 Å². The van der Waals surface area contributed by atoms with Gasteiger partial charge in [-0.25, -0.2) is 4.79 Å². The van der Waals surface area contributed by atoms with E-state index in [1.165, 1.54) is 27.8 Å². The fourth-order valence-corrected chi connectivity index (χ4v) is 4.13. The highest BCUT2D eigenvalue weighted by atomic mass is 16.6. The van der Waals surface area contributed by atoms with Gasteiger partial charge in [0.1, 0.15) is 12.4 Å². The topological polar surface area (TPSA) is 44.8 Å². The van der Waals surface area contributed by atoms with Crippen LogP contribution in [0.1, 0.15) is 37.0 Å². The van der Waals surface area contributed by atoms with Gasteiger partial charge >= 0.3 is 5.97 Å². The van der Waals surface area contributed by atoms with Crippen molar-refractivity contribution in [1.82, 2.24) is 0 Å². The second kappa shape index (κ2) is 11.0. The molecule has 33 heavy (non-hydrogen) atoms. The number of carbonyl (C=O) groups is 1. The van der Waals surface area contributed by atoms with Crippen LogP contribution in [0, 0.1) is 0 Å². The number of hydrogen-bond acceptors (Lipinski definition) is 4. The van der Waals surface area contributed by atoms with E-state index in [9.17, 15) is 4.79 Å². The molecule has 0 N–H and O–H groups in total. The molecule has 0 aliphatic heterocycles. The van der Waals surface area contributed by atoms with Crippen LogP contribution in [0.3, 0.4) is 0 Å². The Morgan fingerprint density at radius 1 is 0.848 bits per heavy atom.